The lowest BCUT2D eigenvalue weighted by Gasteiger charge is -2.31. The van der Waals surface area contributed by atoms with Gasteiger partial charge in [0.1, 0.15) is 18.0 Å². The second-order valence-corrected chi connectivity index (χ2v) is 6.45. The average molecular weight is 289 g/mol. The number of nitrogens with zero attached hydrogens (tertiary/aromatic N) is 5. The van der Waals surface area contributed by atoms with Crippen molar-refractivity contribution >= 4 is 23.4 Å². The summed E-state index contributed by atoms with van der Waals surface area (Å²) in [5, 5.41) is 8.96. The number of hydrogen-bond acceptors (Lipinski definition) is 6. The Morgan fingerprint density at radius 3 is 2.25 bits per heavy atom. The van der Waals surface area contributed by atoms with E-state index in [2.05, 4.69) is 31.9 Å². The SMILES string of the molecule is N#CC1CCN(c2cc(N3CCSCC3)ncn2)CC1. The maximum atomic E-state index is 8.96. The van der Waals surface area contributed by atoms with Crippen LogP contribution in [-0.2, 0) is 0 Å². The molecule has 5 nitrogen and oxygen atoms in total. The van der Waals surface area contributed by atoms with Gasteiger partial charge in [0.25, 0.3) is 0 Å². The number of rotatable bonds is 2. The van der Waals surface area contributed by atoms with Crippen molar-refractivity contribution in [3.05, 3.63) is 12.4 Å². The first-order chi connectivity index (χ1) is 9.86. The first-order valence-electron chi connectivity index (χ1n) is 7.16. The van der Waals surface area contributed by atoms with Gasteiger partial charge in [0.2, 0.25) is 0 Å². The quantitative estimate of drug-likeness (QED) is 0.827. The van der Waals surface area contributed by atoms with E-state index in [-0.39, 0.29) is 5.92 Å². The Kier molecular flexibility index (Phi) is 4.26. The third-order valence-electron chi connectivity index (χ3n) is 3.97. The van der Waals surface area contributed by atoms with E-state index in [1.165, 1.54) is 11.5 Å². The zero-order valence-corrected chi connectivity index (χ0v) is 12.3. The van der Waals surface area contributed by atoms with Crippen LogP contribution in [0.5, 0.6) is 0 Å². The third-order valence-corrected chi connectivity index (χ3v) is 4.92. The molecule has 2 aliphatic heterocycles. The van der Waals surface area contributed by atoms with Gasteiger partial charge in [-0.1, -0.05) is 0 Å². The number of piperidine rings is 1. The highest BCUT2D eigenvalue weighted by Gasteiger charge is 2.21. The summed E-state index contributed by atoms with van der Waals surface area (Å²) in [5.41, 5.74) is 0. The summed E-state index contributed by atoms with van der Waals surface area (Å²) in [6.07, 6.45) is 3.55. The summed E-state index contributed by atoms with van der Waals surface area (Å²) in [7, 11) is 0. The fourth-order valence-electron chi connectivity index (χ4n) is 2.71. The Morgan fingerprint density at radius 1 is 1.05 bits per heavy atom. The van der Waals surface area contributed by atoms with Crippen molar-refractivity contribution in [2.24, 2.45) is 5.92 Å². The highest BCUT2D eigenvalue weighted by Crippen LogP contribution is 2.24. The van der Waals surface area contributed by atoms with E-state index < -0.39 is 0 Å². The zero-order chi connectivity index (χ0) is 13.8. The third kappa shape index (κ3) is 2.98. The second-order valence-electron chi connectivity index (χ2n) is 5.22. The van der Waals surface area contributed by atoms with Crippen molar-refractivity contribution in [3.63, 3.8) is 0 Å². The molecule has 3 rings (SSSR count). The van der Waals surface area contributed by atoms with E-state index in [4.69, 9.17) is 5.26 Å². The highest BCUT2D eigenvalue weighted by molar-refractivity contribution is 7.99. The Balaban J connectivity index is 1.70. The van der Waals surface area contributed by atoms with Gasteiger partial charge in [-0.15, -0.1) is 0 Å². The molecule has 20 heavy (non-hydrogen) atoms. The molecule has 6 heteroatoms. The van der Waals surface area contributed by atoms with Gasteiger partial charge in [-0.3, -0.25) is 0 Å². The normalized spacial score (nSPS) is 20.8. The monoisotopic (exact) mass is 289 g/mol. The average Bonchev–Trinajstić information content (AvgIpc) is 2.56. The molecule has 106 valence electrons. The topological polar surface area (TPSA) is 56.1 Å². The van der Waals surface area contributed by atoms with E-state index in [0.29, 0.717) is 0 Å². The molecule has 2 aliphatic rings. The molecule has 2 fully saturated rings. The standard InChI is InChI=1S/C14H19N5S/c15-10-12-1-3-18(4-2-12)13-9-14(17-11-16-13)19-5-7-20-8-6-19/h9,11-12H,1-8H2. The molecule has 3 heterocycles. The van der Waals surface area contributed by atoms with E-state index in [0.717, 1.165) is 50.7 Å². The predicted octanol–water partition coefficient (Wildman–Crippen LogP) is 1.77. The first kappa shape index (κ1) is 13.5. The van der Waals surface area contributed by atoms with Crippen molar-refractivity contribution in [2.75, 3.05) is 47.5 Å². The summed E-state index contributed by atoms with van der Waals surface area (Å²) < 4.78 is 0. The molecular weight excluding hydrogens is 270 g/mol. The number of aromatic nitrogens is 2. The lowest BCUT2D eigenvalue weighted by Crippen LogP contribution is -2.35. The van der Waals surface area contributed by atoms with Crippen molar-refractivity contribution in [3.8, 4) is 6.07 Å². The zero-order valence-electron chi connectivity index (χ0n) is 11.5. The molecule has 0 bridgehead atoms. The van der Waals surface area contributed by atoms with Gasteiger partial charge in [0.15, 0.2) is 0 Å². The molecule has 1 aromatic rings. The van der Waals surface area contributed by atoms with Crippen LogP contribution in [-0.4, -0.2) is 47.7 Å². The molecule has 2 saturated heterocycles. The summed E-state index contributed by atoms with van der Waals surface area (Å²) in [6, 6.07) is 4.47. The number of anilines is 2. The van der Waals surface area contributed by atoms with Crippen LogP contribution in [0.25, 0.3) is 0 Å². The Bertz CT molecular complexity index is 487. The lowest BCUT2D eigenvalue weighted by molar-refractivity contribution is 0.485. The summed E-state index contributed by atoms with van der Waals surface area (Å²) in [6.45, 7) is 3.98. The summed E-state index contributed by atoms with van der Waals surface area (Å²) >= 11 is 2.00. The summed E-state index contributed by atoms with van der Waals surface area (Å²) in [5.74, 6) is 4.61. The first-order valence-corrected chi connectivity index (χ1v) is 8.31. The van der Waals surface area contributed by atoms with Crippen LogP contribution in [0.4, 0.5) is 11.6 Å². The summed E-state index contributed by atoms with van der Waals surface area (Å²) in [4.78, 5) is 13.4. The highest BCUT2D eigenvalue weighted by atomic mass is 32.2. The van der Waals surface area contributed by atoms with Crippen LogP contribution in [0.3, 0.4) is 0 Å². The maximum Gasteiger partial charge on any atom is 0.134 e. The van der Waals surface area contributed by atoms with E-state index in [1.807, 2.05) is 11.8 Å². The van der Waals surface area contributed by atoms with Crippen LogP contribution in [0.15, 0.2) is 12.4 Å². The Hall–Kier alpha value is -1.48. The Labute approximate surface area is 124 Å². The van der Waals surface area contributed by atoms with Crippen LogP contribution in [0.1, 0.15) is 12.8 Å². The van der Waals surface area contributed by atoms with E-state index in [1.54, 1.807) is 6.33 Å². The van der Waals surface area contributed by atoms with Gasteiger partial charge in [-0.2, -0.15) is 17.0 Å². The van der Waals surface area contributed by atoms with Gasteiger partial charge in [0.05, 0.1) is 6.07 Å². The minimum Gasteiger partial charge on any atom is -0.356 e. The number of thioether (sulfide) groups is 1. The fourth-order valence-corrected chi connectivity index (χ4v) is 3.62. The molecule has 0 amide bonds. The molecule has 0 N–H and O–H groups in total. The smallest absolute Gasteiger partial charge is 0.134 e. The van der Waals surface area contributed by atoms with Crippen LogP contribution < -0.4 is 9.80 Å². The van der Waals surface area contributed by atoms with Crippen LogP contribution in [0, 0.1) is 17.2 Å². The van der Waals surface area contributed by atoms with Crippen LogP contribution >= 0.6 is 11.8 Å². The van der Waals surface area contributed by atoms with Crippen LogP contribution in [0.2, 0.25) is 0 Å². The van der Waals surface area contributed by atoms with Gasteiger partial charge < -0.3 is 9.80 Å². The van der Waals surface area contributed by atoms with Gasteiger partial charge in [-0.25, -0.2) is 9.97 Å². The molecule has 0 aliphatic carbocycles. The molecule has 0 saturated carbocycles. The molecule has 0 radical (unpaired) electrons. The van der Waals surface area contributed by atoms with Gasteiger partial charge in [0, 0.05) is 49.7 Å². The van der Waals surface area contributed by atoms with Crippen molar-refractivity contribution in [1.29, 1.82) is 5.26 Å². The Morgan fingerprint density at radius 2 is 1.65 bits per heavy atom. The lowest BCUT2D eigenvalue weighted by atomic mass is 9.99. The van der Waals surface area contributed by atoms with Crippen molar-refractivity contribution < 1.29 is 0 Å². The minimum atomic E-state index is 0.215. The van der Waals surface area contributed by atoms with E-state index >= 15 is 0 Å². The molecular formula is C14H19N5S. The largest absolute Gasteiger partial charge is 0.356 e. The molecule has 0 spiro atoms. The molecule has 0 aromatic carbocycles. The fraction of sp³-hybridized carbons (Fsp3) is 0.643. The number of nitriles is 1. The minimum absolute atomic E-state index is 0.215. The van der Waals surface area contributed by atoms with E-state index in [9.17, 15) is 0 Å². The molecule has 0 atom stereocenters. The predicted molar refractivity (Wildman–Crippen MR) is 82.1 cm³/mol. The molecule has 0 unspecified atom stereocenters. The van der Waals surface area contributed by atoms with Gasteiger partial charge in [-0.05, 0) is 12.8 Å². The number of hydrogen-bond donors (Lipinski definition) is 0. The van der Waals surface area contributed by atoms with Gasteiger partial charge >= 0.3 is 0 Å². The van der Waals surface area contributed by atoms with Crippen molar-refractivity contribution in [1.82, 2.24) is 9.97 Å². The molecule has 1 aromatic heterocycles. The second kappa shape index (κ2) is 6.31. The maximum absolute atomic E-state index is 8.96. The van der Waals surface area contributed by atoms with Crippen molar-refractivity contribution in [2.45, 2.75) is 12.8 Å².